The number of benzene rings is 2. The summed E-state index contributed by atoms with van der Waals surface area (Å²) >= 11 is 3.26. The van der Waals surface area contributed by atoms with Crippen LogP contribution < -0.4 is 21.7 Å². The highest BCUT2D eigenvalue weighted by atomic mass is 79.9. The van der Waals surface area contributed by atoms with Gasteiger partial charge in [0.15, 0.2) is 0 Å². The lowest BCUT2D eigenvalue weighted by molar-refractivity contribution is -0.384. The van der Waals surface area contributed by atoms with E-state index in [-0.39, 0.29) is 17.3 Å². The molecule has 1 amide bonds. The Morgan fingerprint density at radius 3 is 2.03 bits per heavy atom. The third kappa shape index (κ3) is 5.39. The largest absolute Gasteiger partial charge is 0.356 e. The van der Waals surface area contributed by atoms with Gasteiger partial charge in [0.2, 0.25) is 11.6 Å². The number of nitro benzene ring substituents is 1. The van der Waals surface area contributed by atoms with Crippen molar-refractivity contribution in [1.29, 1.82) is 0 Å². The Morgan fingerprint density at radius 1 is 0.839 bits per heavy atom. The van der Waals surface area contributed by atoms with E-state index >= 15 is 0 Å². The van der Waals surface area contributed by atoms with Crippen LogP contribution in [0, 0.1) is 20.2 Å². The molecule has 1 heterocycles. The van der Waals surface area contributed by atoms with Gasteiger partial charge in [-0.3, -0.25) is 46.7 Å². The fraction of sp³-hybridized carbons (Fsp3) is 0. The zero-order valence-electron chi connectivity index (χ0n) is 15.4. The first-order valence-corrected chi connectivity index (χ1v) is 9.22. The summed E-state index contributed by atoms with van der Waals surface area (Å²) in [5.41, 5.74) is 10.1. The quantitative estimate of drug-likeness (QED) is 0.271. The van der Waals surface area contributed by atoms with Crippen molar-refractivity contribution in [3.8, 4) is 0 Å². The van der Waals surface area contributed by atoms with Gasteiger partial charge in [-0.15, -0.1) is 0 Å². The molecule has 0 atom stereocenters. The monoisotopic (exact) mass is 488 g/mol. The number of hydrogen-bond acceptors (Lipinski definition) is 10. The maximum Gasteiger partial charge on any atom is 0.356 e. The van der Waals surface area contributed by atoms with Crippen LogP contribution in [0.3, 0.4) is 0 Å². The zero-order valence-corrected chi connectivity index (χ0v) is 17.0. The molecule has 0 fully saturated rings. The van der Waals surface area contributed by atoms with E-state index in [2.05, 4.69) is 47.6 Å². The number of halogens is 1. The van der Waals surface area contributed by atoms with E-state index in [1.165, 1.54) is 24.3 Å². The summed E-state index contributed by atoms with van der Waals surface area (Å²) in [5, 5.41) is 22.3. The van der Waals surface area contributed by atoms with Crippen molar-refractivity contribution in [3.05, 3.63) is 85.1 Å². The standard InChI is InChI=1S/C17H13BrN8O5/c18-11-3-1-10(2-4-11)17(27)24-23-16-14(26(30)31)15(19-9-20-16)22-21-12-5-7-13(8-6-12)25(28)29/h1-9,21H,(H,24,27)(H2,19,20,22,23). The fourth-order valence-corrected chi connectivity index (χ4v) is 2.59. The number of carbonyl (C=O) groups excluding carboxylic acids is 1. The topological polar surface area (TPSA) is 177 Å². The van der Waals surface area contributed by atoms with Gasteiger partial charge < -0.3 is 0 Å². The second-order valence-electron chi connectivity index (χ2n) is 5.82. The van der Waals surface area contributed by atoms with Gasteiger partial charge in [-0.05, 0) is 36.4 Å². The van der Waals surface area contributed by atoms with Gasteiger partial charge in [-0.25, -0.2) is 9.97 Å². The molecule has 0 aliphatic rings. The Bertz CT molecular complexity index is 1120. The maximum atomic E-state index is 12.2. The van der Waals surface area contributed by atoms with Crippen LogP contribution in [0.5, 0.6) is 0 Å². The number of carbonyl (C=O) groups is 1. The molecular formula is C17H13BrN8O5. The minimum absolute atomic E-state index is 0.105. The lowest BCUT2D eigenvalue weighted by Gasteiger charge is -2.12. The molecule has 0 aliphatic heterocycles. The van der Waals surface area contributed by atoms with E-state index in [1.54, 1.807) is 24.3 Å². The van der Waals surface area contributed by atoms with Crippen LogP contribution in [0.15, 0.2) is 59.3 Å². The van der Waals surface area contributed by atoms with Crippen molar-refractivity contribution < 1.29 is 14.6 Å². The third-order valence-corrected chi connectivity index (χ3v) is 4.34. The predicted molar refractivity (Wildman–Crippen MR) is 114 cm³/mol. The molecule has 1 aromatic heterocycles. The highest BCUT2D eigenvalue weighted by Gasteiger charge is 2.23. The normalized spacial score (nSPS) is 10.1. The minimum atomic E-state index is -0.728. The van der Waals surface area contributed by atoms with Gasteiger partial charge >= 0.3 is 5.69 Å². The molecule has 4 N–H and O–H groups in total. The second kappa shape index (κ2) is 9.45. The van der Waals surface area contributed by atoms with E-state index in [9.17, 15) is 25.0 Å². The lowest BCUT2D eigenvalue weighted by Crippen LogP contribution is -2.30. The number of rotatable bonds is 8. The van der Waals surface area contributed by atoms with Crippen LogP contribution in [0.4, 0.5) is 28.7 Å². The van der Waals surface area contributed by atoms with Gasteiger partial charge in [0, 0.05) is 22.2 Å². The van der Waals surface area contributed by atoms with Crippen LogP contribution in [-0.4, -0.2) is 25.7 Å². The number of aromatic nitrogens is 2. The molecule has 0 aliphatic carbocycles. The SMILES string of the molecule is O=C(NNc1ncnc(NNc2ccc([N+](=O)[O-])cc2)c1[N+](=O)[O-])c1ccc(Br)cc1. The molecule has 0 saturated carbocycles. The second-order valence-corrected chi connectivity index (χ2v) is 6.73. The summed E-state index contributed by atoms with van der Waals surface area (Å²) in [5.74, 6) is -0.976. The Balaban J connectivity index is 1.72. The van der Waals surface area contributed by atoms with E-state index in [0.29, 0.717) is 11.3 Å². The third-order valence-electron chi connectivity index (χ3n) is 3.81. The van der Waals surface area contributed by atoms with E-state index in [1.807, 2.05) is 0 Å². The van der Waals surface area contributed by atoms with Crippen molar-refractivity contribution in [2.45, 2.75) is 0 Å². The summed E-state index contributed by atoms with van der Waals surface area (Å²) in [4.78, 5) is 40.8. The number of anilines is 3. The van der Waals surface area contributed by atoms with Crippen molar-refractivity contribution in [2.75, 3.05) is 16.3 Å². The van der Waals surface area contributed by atoms with Crippen LogP contribution in [0.25, 0.3) is 0 Å². The summed E-state index contributed by atoms with van der Waals surface area (Å²) in [6, 6.07) is 11.8. The van der Waals surface area contributed by atoms with Crippen LogP contribution in [0.2, 0.25) is 0 Å². The van der Waals surface area contributed by atoms with Gasteiger partial charge in [-0.2, -0.15) is 0 Å². The Kier molecular flexibility index (Phi) is 6.51. The average Bonchev–Trinajstić information content (AvgIpc) is 2.76. The highest BCUT2D eigenvalue weighted by molar-refractivity contribution is 9.10. The smallest absolute Gasteiger partial charge is 0.299 e. The average molecular weight is 489 g/mol. The van der Waals surface area contributed by atoms with Crippen molar-refractivity contribution >= 4 is 50.5 Å². The first-order valence-electron chi connectivity index (χ1n) is 8.43. The highest BCUT2D eigenvalue weighted by Crippen LogP contribution is 2.28. The molecule has 0 bridgehead atoms. The lowest BCUT2D eigenvalue weighted by atomic mass is 10.2. The molecule has 3 rings (SSSR count). The first-order chi connectivity index (χ1) is 14.8. The van der Waals surface area contributed by atoms with Crippen LogP contribution in [-0.2, 0) is 0 Å². The van der Waals surface area contributed by atoms with E-state index in [0.717, 1.165) is 10.8 Å². The van der Waals surface area contributed by atoms with Gasteiger partial charge in [0.05, 0.1) is 15.5 Å². The zero-order chi connectivity index (χ0) is 22.4. The molecule has 0 spiro atoms. The van der Waals surface area contributed by atoms with Crippen LogP contribution >= 0.6 is 15.9 Å². The minimum Gasteiger partial charge on any atom is -0.299 e. The molecular weight excluding hydrogens is 476 g/mol. The number of amides is 1. The fourth-order valence-electron chi connectivity index (χ4n) is 2.32. The van der Waals surface area contributed by atoms with Crippen LogP contribution in [0.1, 0.15) is 10.4 Å². The predicted octanol–water partition coefficient (Wildman–Crippen LogP) is 3.25. The molecule has 0 unspecified atom stereocenters. The molecule has 31 heavy (non-hydrogen) atoms. The summed E-state index contributed by atoms with van der Waals surface area (Å²) in [6.45, 7) is 0. The molecule has 13 nitrogen and oxygen atoms in total. The molecule has 0 saturated heterocycles. The number of nitrogens with zero attached hydrogens (tertiary/aromatic N) is 4. The number of nitrogens with one attached hydrogen (secondary N) is 4. The van der Waals surface area contributed by atoms with Gasteiger partial charge in [0.1, 0.15) is 6.33 Å². The molecule has 0 radical (unpaired) electrons. The van der Waals surface area contributed by atoms with E-state index < -0.39 is 21.4 Å². The number of hydrogen-bond donors (Lipinski definition) is 4. The van der Waals surface area contributed by atoms with Gasteiger partial charge in [-0.1, -0.05) is 15.9 Å². The molecule has 2 aromatic carbocycles. The molecule has 14 heteroatoms. The van der Waals surface area contributed by atoms with E-state index in [4.69, 9.17) is 0 Å². The van der Waals surface area contributed by atoms with Gasteiger partial charge in [0.25, 0.3) is 11.6 Å². The Labute approximate surface area is 182 Å². The Hall–Kier alpha value is -4.33. The van der Waals surface area contributed by atoms with Crippen molar-refractivity contribution in [3.63, 3.8) is 0 Å². The first kappa shape index (κ1) is 21.4. The summed E-state index contributed by atoms with van der Waals surface area (Å²) < 4.78 is 0.791. The van der Waals surface area contributed by atoms with Crippen molar-refractivity contribution in [2.24, 2.45) is 0 Å². The number of nitro groups is 2. The van der Waals surface area contributed by atoms with Crippen molar-refractivity contribution in [1.82, 2.24) is 15.4 Å². The molecule has 158 valence electrons. The summed E-state index contributed by atoms with van der Waals surface area (Å²) in [7, 11) is 0. The number of non-ortho nitro benzene ring substituents is 1. The summed E-state index contributed by atoms with van der Waals surface area (Å²) in [6.07, 6.45) is 1.06. The Morgan fingerprint density at radius 2 is 1.45 bits per heavy atom. The number of hydrazine groups is 2. The molecule has 3 aromatic rings. The maximum absolute atomic E-state index is 12.2.